The first-order valence-corrected chi connectivity index (χ1v) is 6.43. The molecule has 19 heavy (non-hydrogen) atoms. The minimum absolute atomic E-state index is 0.161. The van der Waals surface area contributed by atoms with Crippen LogP contribution in [0.25, 0.3) is 0 Å². The van der Waals surface area contributed by atoms with E-state index in [1.165, 1.54) is 0 Å². The molecule has 3 aliphatic carbocycles. The standard InChI is InChI=1S/C15H12F2N2/c16-15(17)7-11-9-3-1-2-4-10(9)12(8-15)14-13(11)18-5-6-19-14/h1-6,11-12H,7-8H2. The lowest BCUT2D eigenvalue weighted by Crippen LogP contribution is -2.17. The van der Waals surface area contributed by atoms with Crippen molar-refractivity contribution in [3.05, 3.63) is 59.2 Å². The Balaban J connectivity index is 2.02. The Bertz CT molecular complexity index is 553. The molecular formula is C15H12F2N2. The third-order valence-corrected chi connectivity index (χ3v) is 4.17. The van der Waals surface area contributed by atoms with Crippen LogP contribution >= 0.6 is 0 Å². The van der Waals surface area contributed by atoms with Crippen molar-refractivity contribution in [2.75, 3.05) is 0 Å². The normalized spacial score (nSPS) is 26.4. The molecule has 2 aromatic rings. The molecule has 5 rings (SSSR count). The van der Waals surface area contributed by atoms with E-state index in [0.29, 0.717) is 0 Å². The van der Waals surface area contributed by atoms with Crippen molar-refractivity contribution >= 4 is 0 Å². The molecule has 0 saturated heterocycles. The monoisotopic (exact) mass is 258 g/mol. The van der Waals surface area contributed by atoms with Crippen LogP contribution < -0.4 is 0 Å². The molecular weight excluding hydrogens is 246 g/mol. The first kappa shape index (κ1) is 11.0. The van der Waals surface area contributed by atoms with Gasteiger partial charge >= 0.3 is 0 Å². The average molecular weight is 258 g/mol. The first-order chi connectivity index (χ1) is 9.16. The Morgan fingerprint density at radius 3 is 1.84 bits per heavy atom. The number of hydrogen-bond acceptors (Lipinski definition) is 2. The number of alkyl halides is 2. The van der Waals surface area contributed by atoms with Crippen molar-refractivity contribution in [1.29, 1.82) is 0 Å². The summed E-state index contributed by atoms with van der Waals surface area (Å²) < 4.78 is 28.2. The van der Waals surface area contributed by atoms with Crippen LogP contribution in [0.3, 0.4) is 0 Å². The molecule has 96 valence electrons. The highest BCUT2D eigenvalue weighted by molar-refractivity contribution is 5.49. The summed E-state index contributed by atoms with van der Waals surface area (Å²) in [5, 5.41) is 0. The molecule has 0 amide bonds. The van der Waals surface area contributed by atoms with Gasteiger partial charge in [-0.1, -0.05) is 24.3 Å². The zero-order chi connectivity index (χ0) is 13.0. The van der Waals surface area contributed by atoms with Gasteiger partial charge in [-0.3, -0.25) is 9.97 Å². The van der Waals surface area contributed by atoms with Gasteiger partial charge in [0.2, 0.25) is 5.92 Å². The summed E-state index contributed by atoms with van der Waals surface area (Å²) in [5.74, 6) is -3.31. The van der Waals surface area contributed by atoms with E-state index in [1.807, 2.05) is 24.3 Å². The molecule has 0 saturated carbocycles. The van der Waals surface area contributed by atoms with Gasteiger partial charge in [-0.15, -0.1) is 0 Å². The molecule has 2 nitrogen and oxygen atoms in total. The van der Waals surface area contributed by atoms with Crippen molar-refractivity contribution in [2.24, 2.45) is 0 Å². The molecule has 2 bridgehead atoms. The average Bonchev–Trinajstić information content (AvgIpc) is 2.61. The number of hydrogen-bond donors (Lipinski definition) is 0. The van der Waals surface area contributed by atoms with Gasteiger partial charge in [0.05, 0.1) is 11.4 Å². The van der Waals surface area contributed by atoms with Crippen LogP contribution in [0.5, 0.6) is 0 Å². The van der Waals surface area contributed by atoms with Gasteiger partial charge in [0.25, 0.3) is 0 Å². The van der Waals surface area contributed by atoms with Gasteiger partial charge in [0.1, 0.15) is 0 Å². The van der Waals surface area contributed by atoms with E-state index in [0.717, 1.165) is 22.5 Å². The molecule has 0 radical (unpaired) electrons. The van der Waals surface area contributed by atoms with Crippen molar-refractivity contribution in [2.45, 2.75) is 30.6 Å². The molecule has 0 fully saturated rings. The van der Waals surface area contributed by atoms with Crippen molar-refractivity contribution in [1.82, 2.24) is 9.97 Å². The Hall–Kier alpha value is -1.84. The summed E-state index contributed by atoms with van der Waals surface area (Å²) in [4.78, 5) is 8.66. The molecule has 0 N–H and O–H groups in total. The highest BCUT2D eigenvalue weighted by atomic mass is 19.3. The summed E-state index contributed by atoms with van der Waals surface area (Å²) in [7, 11) is 0. The fourth-order valence-corrected chi connectivity index (χ4v) is 3.43. The third-order valence-electron chi connectivity index (χ3n) is 4.17. The highest BCUT2D eigenvalue weighted by Gasteiger charge is 2.48. The van der Waals surface area contributed by atoms with Gasteiger partial charge in [-0.05, 0) is 11.1 Å². The maximum Gasteiger partial charge on any atom is 0.250 e. The summed E-state index contributed by atoms with van der Waals surface area (Å²) in [6, 6.07) is 7.72. The summed E-state index contributed by atoms with van der Waals surface area (Å²) in [6.07, 6.45) is 2.87. The zero-order valence-corrected chi connectivity index (χ0v) is 10.2. The predicted molar refractivity (Wildman–Crippen MR) is 66.3 cm³/mol. The van der Waals surface area contributed by atoms with Gasteiger partial charge < -0.3 is 0 Å². The van der Waals surface area contributed by atoms with E-state index in [-0.39, 0.29) is 24.7 Å². The van der Waals surface area contributed by atoms with Crippen LogP contribution in [0.4, 0.5) is 8.78 Å². The second kappa shape index (κ2) is 3.59. The Labute approximate surface area is 109 Å². The molecule has 0 aliphatic heterocycles. The summed E-state index contributed by atoms with van der Waals surface area (Å²) >= 11 is 0. The van der Waals surface area contributed by atoms with E-state index < -0.39 is 5.92 Å². The maximum atomic E-state index is 14.1. The third kappa shape index (κ3) is 1.52. The topological polar surface area (TPSA) is 25.8 Å². The van der Waals surface area contributed by atoms with Crippen LogP contribution in [0.1, 0.15) is 47.2 Å². The SMILES string of the molecule is FC1(F)CC2c3ccccc3C(C1)c1nccnc12. The van der Waals surface area contributed by atoms with E-state index in [4.69, 9.17) is 0 Å². The highest BCUT2D eigenvalue weighted by Crippen LogP contribution is 2.53. The summed E-state index contributed by atoms with van der Waals surface area (Å²) in [6.45, 7) is 0. The van der Waals surface area contributed by atoms with E-state index in [1.54, 1.807) is 12.4 Å². The fraction of sp³-hybridized carbons (Fsp3) is 0.333. The first-order valence-electron chi connectivity index (χ1n) is 6.43. The number of rotatable bonds is 0. The molecule has 1 heterocycles. The van der Waals surface area contributed by atoms with Gasteiger partial charge in [-0.25, -0.2) is 8.78 Å². The maximum absolute atomic E-state index is 14.1. The van der Waals surface area contributed by atoms with Crippen LogP contribution in [-0.2, 0) is 0 Å². The second-order valence-corrected chi connectivity index (χ2v) is 5.33. The largest absolute Gasteiger partial charge is 0.257 e. The predicted octanol–water partition coefficient (Wildman–Crippen LogP) is 3.48. The van der Waals surface area contributed by atoms with Crippen LogP contribution in [0, 0.1) is 0 Å². The van der Waals surface area contributed by atoms with E-state index >= 15 is 0 Å². The van der Waals surface area contributed by atoms with Gasteiger partial charge in [-0.2, -0.15) is 0 Å². The van der Waals surface area contributed by atoms with E-state index in [9.17, 15) is 8.78 Å². The Morgan fingerprint density at radius 2 is 1.37 bits per heavy atom. The van der Waals surface area contributed by atoms with E-state index in [2.05, 4.69) is 9.97 Å². The smallest absolute Gasteiger partial charge is 0.250 e. The molecule has 4 heteroatoms. The van der Waals surface area contributed by atoms with Crippen LogP contribution in [-0.4, -0.2) is 15.9 Å². The van der Waals surface area contributed by atoms with Crippen molar-refractivity contribution < 1.29 is 8.78 Å². The zero-order valence-electron chi connectivity index (χ0n) is 10.2. The number of halogens is 2. The molecule has 0 spiro atoms. The minimum atomic E-state index is -2.66. The molecule has 2 atom stereocenters. The summed E-state index contributed by atoms with van der Waals surface area (Å²) in [5.41, 5.74) is 3.47. The lowest BCUT2D eigenvalue weighted by Gasteiger charge is -2.27. The molecule has 2 unspecified atom stereocenters. The van der Waals surface area contributed by atoms with Gasteiger partial charge in [0.15, 0.2) is 0 Å². The van der Waals surface area contributed by atoms with Crippen LogP contribution in [0.2, 0.25) is 0 Å². The number of aromatic nitrogens is 2. The van der Waals surface area contributed by atoms with Crippen molar-refractivity contribution in [3.63, 3.8) is 0 Å². The lowest BCUT2D eigenvalue weighted by atomic mass is 9.78. The van der Waals surface area contributed by atoms with Crippen molar-refractivity contribution in [3.8, 4) is 0 Å². The Kier molecular flexibility index (Phi) is 2.08. The number of nitrogens with zero attached hydrogens (tertiary/aromatic N) is 2. The van der Waals surface area contributed by atoms with Gasteiger partial charge in [0, 0.05) is 37.1 Å². The number of benzene rings is 1. The molecule has 1 aromatic carbocycles. The van der Waals surface area contributed by atoms with Crippen LogP contribution in [0.15, 0.2) is 36.7 Å². The molecule has 3 aliphatic rings. The molecule has 1 aromatic heterocycles. The second-order valence-electron chi connectivity index (χ2n) is 5.33. The number of fused-ring (bicyclic) bond motifs is 2. The minimum Gasteiger partial charge on any atom is -0.257 e. The quantitative estimate of drug-likeness (QED) is 0.723. The fourth-order valence-electron chi connectivity index (χ4n) is 3.43. The Morgan fingerprint density at radius 1 is 0.895 bits per heavy atom. The lowest BCUT2D eigenvalue weighted by molar-refractivity contribution is -0.0178.